The van der Waals surface area contributed by atoms with Crippen LogP contribution in [0.3, 0.4) is 0 Å². The Hall–Kier alpha value is -4.05. The third-order valence-electron chi connectivity index (χ3n) is 4.71. The number of primary amides is 1. The second kappa shape index (κ2) is 11.5. The summed E-state index contributed by atoms with van der Waals surface area (Å²) in [6, 6.07) is 15.4. The Morgan fingerprint density at radius 2 is 1.73 bits per heavy atom. The number of carbonyl (C=O) groups excluding carboxylic acids is 3. The Bertz CT molecular complexity index is 1110. The maximum absolute atomic E-state index is 12.3. The molecule has 172 valence electrons. The SMILES string of the molecule is NC(=O)[C@@H](Cc1cnc2ccccc2n1)NC(=O)C[C@@H](O)CNC(=O)OCc1ccccc1. The number of nitrogens with one attached hydrogen (secondary N) is 2. The van der Waals surface area contributed by atoms with E-state index < -0.39 is 30.1 Å². The van der Waals surface area contributed by atoms with Gasteiger partial charge in [-0.25, -0.2) is 9.78 Å². The van der Waals surface area contributed by atoms with Gasteiger partial charge >= 0.3 is 6.09 Å². The van der Waals surface area contributed by atoms with Gasteiger partial charge in [0.15, 0.2) is 0 Å². The van der Waals surface area contributed by atoms with Crippen LogP contribution in [0.15, 0.2) is 60.8 Å². The number of hydrogen-bond acceptors (Lipinski definition) is 7. The molecule has 3 amide bonds. The van der Waals surface area contributed by atoms with Gasteiger partial charge in [-0.05, 0) is 17.7 Å². The zero-order valence-electron chi connectivity index (χ0n) is 17.8. The minimum absolute atomic E-state index is 0.0546. The van der Waals surface area contributed by atoms with Crippen LogP contribution >= 0.6 is 0 Å². The standard InChI is InChI=1S/C23H25N5O5/c24-22(31)20(10-16-12-25-18-8-4-5-9-19(18)27-16)28-21(30)11-17(29)13-26-23(32)33-14-15-6-2-1-3-7-15/h1-9,12,17,20,29H,10-11,13-14H2,(H2,24,31)(H,26,32)(H,28,30)/t17-,20-/m1/s1. The number of ether oxygens (including phenoxy) is 1. The first-order valence-corrected chi connectivity index (χ1v) is 10.3. The van der Waals surface area contributed by atoms with Crippen molar-refractivity contribution in [2.75, 3.05) is 6.54 Å². The molecule has 1 aromatic heterocycles. The quantitative estimate of drug-likeness (QED) is 0.355. The Morgan fingerprint density at radius 3 is 2.45 bits per heavy atom. The van der Waals surface area contributed by atoms with Crippen LogP contribution in [0.1, 0.15) is 17.7 Å². The average Bonchev–Trinajstić information content (AvgIpc) is 2.81. The van der Waals surface area contributed by atoms with Crippen LogP contribution in [-0.2, 0) is 27.4 Å². The fourth-order valence-corrected chi connectivity index (χ4v) is 3.04. The van der Waals surface area contributed by atoms with E-state index in [0.29, 0.717) is 16.7 Å². The first-order chi connectivity index (χ1) is 15.9. The van der Waals surface area contributed by atoms with Gasteiger partial charge in [-0.15, -0.1) is 0 Å². The third kappa shape index (κ3) is 7.54. The molecule has 0 aliphatic heterocycles. The first kappa shape index (κ1) is 23.6. The molecule has 0 fully saturated rings. The summed E-state index contributed by atoms with van der Waals surface area (Å²) in [5.74, 6) is -1.34. The highest BCUT2D eigenvalue weighted by atomic mass is 16.5. The molecular formula is C23H25N5O5. The normalized spacial score (nSPS) is 12.5. The molecule has 3 rings (SSSR count). The van der Waals surface area contributed by atoms with E-state index in [9.17, 15) is 19.5 Å². The van der Waals surface area contributed by atoms with E-state index in [4.69, 9.17) is 10.5 Å². The van der Waals surface area contributed by atoms with Crippen LogP contribution < -0.4 is 16.4 Å². The monoisotopic (exact) mass is 451 g/mol. The minimum Gasteiger partial charge on any atom is -0.445 e. The summed E-state index contributed by atoms with van der Waals surface area (Å²) in [5, 5.41) is 14.9. The summed E-state index contributed by atoms with van der Waals surface area (Å²) in [7, 11) is 0. The number of alkyl carbamates (subject to hydrolysis) is 1. The predicted molar refractivity (Wildman–Crippen MR) is 120 cm³/mol. The summed E-state index contributed by atoms with van der Waals surface area (Å²) in [4.78, 5) is 44.5. The number of aromatic nitrogens is 2. The lowest BCUT2D eigenvalue weighted by atomic mass is 10.1. The third-order valence-corrected chi connectivity index (χ3v) is 4.71. The highest BCUT2D eigenvalue weighted by Crippen LogP contribution is 2.10. The zero-order chi connectivity index (χ0) is 23.6. The second-order valence-corrected chi connectivity index (χ2v) is 7.38. The number of amides is 3. The van der Waals surface area contributed by atoms with E-state index >= 15 is 0 Å². The van der Waals surface area contributed by atoms with Crippen LogP contribution in [0, 0.1) is 0 Å². The van der Waals surface area contributed by atoms with Crippen LogP contribution in [0.5, 0.6) is 0 Å². The number of aliphatic hydroxyl groups is 1. The molecule has 0 saturated carbocycles. The molecule has 5 N–H and O–H groups in total. The number of hydrogen-bond donors (Lipinski definition) is 4. The predicted octanol–water partition coefficient (Wildman–Crippen LogP) is 0.820. The summed E-state index contributed by atoms with van der Waals surface area (Å²) in [5.41, 5.74) is 8.09. The topological polar surface area (TPSA) is 157 Å². The van der Waals surface area contributed by atoms with Crippen LogP contribution in [0.2, 0.25) is 0 Å². The number of fused-ring (bicyclic) bond motifs is 1. The molecular weight excluding hydrogens is 426 g/mol. The molecule has 0 saturated heterocycles. The number of rotatable bonds is 10. The van der Waals surface area contributed by atoms with Gasteiger partial charge in [0.05, 0.1) is 29.3 Å². The van der Waals surface area contributed by atoms with Crippen LogP contribution in [0.4, 0.5) is 4.79 Å². The number of carbonyl (C=O) groups is 3. The molecule has 10 heteroatoms. The molecule has 10 nitrogen and oxygen atoms in total. The highest BCUT2D eigenvalue weighted by molar-refractivity contribution is 5.87. The Labute approximate surface area is 190 Å². The number of nitrogens with zero attached hydrogens (tertiary/aromatic N) is 2. The van der Waals surface area contributed by atoms with Gasteiger partial charge in [0.25, 0.3) is 0 Å². The summed E-state index contributed by atoms with van der Waals surface area (Å²) in [6.45, 7) is -0.111. The van der Waals surface area contributed by atoms with E-state index in [1.165, 1.54) is 6.20 Å². The van der Waals surface area contributed by atoms with Gasteiger partial charge in [-0.2, -0.15) is 0 Å². The molecule has 0 aliphatic rings. The van der Waals surface area contributed by atoms with E-state index in [1.807, 2.05) is 48.5 Å². The fraction of sp³-hybridized carbons (Fsp3) is 0.261. The molecule has 2 atom stereocenters. The van der Waals surface area contributed by atoms with Crippen molar-refractivity contribution in [3.63, 3.8) is 0 Å². The number of para-hydroxylation sites is 2. The van der Waals surface area contributed by atoms with Gasteiger partial charge in [-0.3, -0.25) is 14.6 Å². The van der Waals surface area contributed by atoms with Crippen LogP contribution in [-0.4, -0.2) is 51.7 Å². The molecule has 33 heavy (non-hydrogen) atoms. The molecule has 0 aliphatic carbocycles. The lowest BCUT2D eigenvalue weighted by molar-refractivity contribution is -0.128. The Morgan fingerprint density at radius 1 is 1.03 bits per heavy atom. The minimum atomic E-state index is -1.18. The lowest BCUT2D eigenvalue weighted by Crippen LogP contribution is -2.47. The van der Waals surface area contributed by atoms with E-state index in [-0.39, 0.29) is 26.0 Å². The van der Waals surface area contributed by atoms with Crippen molar-refractivity contribution in [2.24, 2.45) is 5.73 Å². The van der Waals surface area contributed by atoms with Crippen molar-refractivity contribution >= 4 is 28.9 Å². The van der Waals surface area contributed by atoms with Gasteiger partial charge in [0.1, 0.15) is 12.6 Å². The van der Waals surface area contributed by atoms with Crippen molar-refractivity contribution < 1.29 is 24.2 Å². The second-order valence-electron chi connectivity index (χ2n) is 7.38. The van der Waals surface area contributed by atoms with Gasteiger partial charge < -0.3 is 26.2 Å². The lowest BCUT2D eigenvalue weighted by Gasteiger charge is -2.17. The Balaban J connectivity index is 1.44. The molecule has 3 aromatic rings. The maximum Gasteiger partial charge on any atom is 0.407 e. The number of nitrogens with two attached hydrogens (primary N) is 1. The molecule has 0 radical (unpaired) electrons. The van der Waals surface area contributed by atoms with Gasteiger partial charge in [0.2, 0.25) is 11.8 Å². The summed E-state index contributed by atoms with van der Waals surface area (Å²) in [6.07, 6.45) is -0.665. The molecule has 0 bridgehead atoms. The zero-order valence-corrected chi connectivity index (χ0v) is 17.8. The number of benzene rings is 2. The highest BCUT2D eigenvalue weighted by Gasteiger charge is 2.21. The Kier molecular flexibility index (Phi) is 8.25. The summed E-state index contributed by atoms with van der Waals surface area (Å²) >= 11 is 0. The molecule has 0 unspecified atom stereocenters. The van der Waals surface area contributed by atoms with Crippen molar-refractivity contribution in [3.05, 3.63) is 72.1 Å². The first-order valence-electron chi connectivity index (χ1n) is 10.3. The smallest absolute Gasteiger partial charge is 0.407 e. The maximum atomic E-state index is 12.3. The molecule has 1 heterocycles. The molecule has 2 aromatic carbocycles. The summed E-state index contributed by atoms with van der Waals surface area (Å²) < 4.78 is 5.04. The van der Waals surface area contributed by atoms with Gasteiger partial charge in [-0.1, -0.05) is 42.5 Å². The van der Waals surface area contributed by atoms with Crippen molar-refractivity contribution in [3.8, 4) is 0 Å². The van der Waals surface area contributed by atoms with Crippen molar-refractivity contribution in [1.29, 1.82) is 0 Å². The van der Waals surface area contributed by atoms with Crippen LogP contribution in [0.25, 0.3) is 11.0 Å². The number of aliphatic hydroxyl groups excluding tert-OH is 1. The fourth-order valence-electron chi connectivity index (χ4n) is 3.04. The van der Waals surface area contributed by atoms with Gasteiger partial charge in [0, 0.05) is 19.2 Å². The molecule has 0 spiro atoms. The largest absolute Gasteiger partial charge is 0.445 e. The van der Waals surface area contributed by atoms with Crippen molar-refractivity contribution in [1.82, 2.24) is 20.6 Å². The van der Waals surface area contributed by atoms with E-state index in [2.05, 4.69) is 20.6 Å². The van der Waals surface area contributed by atoms with E-state index in [0.717, 1.165) is 5.56 Å². The van der Waals surface area contributed by atoms with Crippen molar-refractivity contribution in [2.45, 2.75) is 31.6 Å². The average molecular weight is 451 g/mol. The van der Waals surface area contributed by atoms with E-state index in [1.54, 1.807) is 6.07 Å².